The number of aromatic nitrogens is 3. The summed E-state index contributed by atoms with van der Waals surface area (Å²) >= 11 is 0. The quantitative estimate of drug-likeness (QED) is 0.889. The Morgan fingerprint density at radius 2 is 2.00 bits per heavy atom. The van der Waals surface area contributed by atoms with Gasteiger partial charge in [0.15, 0.2) is 5.65 Å². The predicted octanol–water partition coefficient (Wildman–Crippen LogP) is 1.82. The molecule has 0 spiro atoms. The fourth-order valence-corrected chi connectivity index (χ4v) is 2.80. The lowest BCUT2D eigenvalue weighted by Crippen LogP contribution is -2.37. The molecule has 1 fully saturated rings. The Morgan fingerprint density at radius 3 is 2.70 bits per heavy atom. The number of hydrogen-bond donors (Lipinski definition) is 2. The number of nitrogens with two attached hydrogens (primary N) is 1. The summed E-state index contributed by atoms with van der Waals surface area (Å²) in [6.45, 7) is 4.11. The van der Waals surface area contributed by atoms with Gasteiger partial charge in [0.25, 0.3) is 0 Å². The van der Waals surface area contributed by atoms with E-state index in [1.807, 2.05) is 19.1 Å². The van der Waals surface area contributed by atoms with Gasteiger partial charge in [0.05, 0.1) is 17.2 Å². The van der Waals surface area contributed by atoms with Gasteiger partial charge in [0.1, 0.15) is 5.82 Å². The summed E-state index contributed by atoms with van der Waals surface area (Å²) in [4.78, 5) is 15.8. The van der Waals surface area contributed by atoms with Gasteiger partial charge in [-0.15, -0.1) is 0 Å². The zero-order valence-electron chi connectivity index (χ0n) is 13.9. The summed E-state index contributed by atoms with van der Waals surface area (Å²) in [7, 11) is 3.81. The molecule has 0 radical (unpaired) electrons. The highest BCUT2D eigenvalue weighted by Gasteiger charge is 2.18. The number of pyridine rings is 1. The second kappa shape index (κ2) is 6.64. The molecule has 3 N–H and O–H groups in total. The van der Waals surface area contributed by atoms with Gasteiger partial charge in [-0.05, 0) is 52.0 Å². The number of piperidine rings is 1. The lowest BCUT2D eigenvalue weighted by molar-refractivity contribution is 0.116. The molecule has 1 atom stereocenters. The van der Waals surface area contributed by atoms with Crippen LogP contribution in [0.15, 0.2) is 12.1 Å². The molecule has 0 saturated carbocycles. The Hall–Kier alpha value is -1.99. The highest BCUT2D eigenvalue weighted by molar-refractivity contribution is 5.86. The third kappa shape index (κ3) is 3.51. The largest absolute Gasteiger partial charge is 0.383 e. The zero-order chi connectivity index (χ0) is 16.4. The van der Waals surface area contributed by atoms with Gasteiger partial charge in [-0.3, -0.25) is 0 Å². The van der Waals surface area contributed by atoms with Crippen molar-refractivity contribution in [2.24, 2.45) is 0 Å². The normalized spacial score (nSPS) is 18.2. The highest BCUT2D eigenvalue weighted by Crippen LogP contribution is 2.23. The molecule has 1 saturated heterocycles. The summed E-state index contributed by atoms with van der Waals surface area (Å²) in [6, 6.07) is 4.19. The molecule has 3 heterocycles. The van der Waals surface area contributed by atoms with Crippen LogP contribution in [0.1, 0.15) is 31.6 Å². The Bertz CT molecular complexity index is 684. The van der Waals surface area contributed by atoms with Crippen LogP contribution in [0.4, 0.5) is 11.8 Å². The number of methoxy groups -OCH3 is 1. The molecule has 1 unspecified atom stereocenters. The first-order valence-electron chi connectivity index (χ1n) is 7.99. The number of anilines is 2. The maximum atomic E-state index is 6.07. The van der Waals surface area contributed by atoms with Crippen molar-refractivity contribution >= 4 is 22.8 Å². The Balaban J connectivity index is 1.86. The summed E-state index contributed by atoms with van der Waals surface area (Å²) in [5.74, 6) is 1.01. The molecular weight excluding hydrogens is 292 g/mol. The SMILES string of the molecule is COC(C)c1ccc2c(N)nc(NC3CCN(C)CC3)nc2n1. The van der Waals surface area contributed by atoms with Crippen LogP contribution in [0.3, 0.4) is 0 Å². The third-order valence-corrected chi connectivity index (χ3v) is 4.43. The number of rotatable bonds is 4. The van der Waals surface area contributed by atoms with Crippen LogP contribution in [0.2, 0.25) is 0 Å². The van der Waals surface area contributed by atoms with E-state index >= 15 is 0 Å². The minimum absolute atomic E-state index is 0.0825. The molecule has 7 heteroatoms. The number of nitrogens with zero attached hydrogens (tertiary/aromatic N) is 4. The van der Waals surface area contributed by atoms with E-state index in [-0.39, 0.29) is 6.10 Å². The first-order valence-corrected chi connectivity index (χ1v) is 7.99. The van der Waals surface area contributed by atoms with Crippen LogP contribution < -0.4 is 11.1 Å². The second-order valence-electron chi connectivity index (χ2n) is 6.14. The summed E-state index contributed by atoms with van der Waals surface area (Å²) in [5.41, 5.74) is 7.51. The van der Waals surface area contributed by atoms with E-state index in [0.717, 1.165) is 37.0 Å². The Labute approximate surface area is 136 Å². The number of likely N-dealkylation sites (tertiary alicyclic amines) is 1. The zero-order valence-corrected chi connectivity index (χ0v) is 13.9. The maximum Gasteiger partial charge on any atom is 0.226 e. The van der Waals surface area contributed by atoms with Crippen LogP contribution >= 0.6 is 0 Å². The average Bonchev–Trinajstić information content (AvgIpc) is 2.55. The van der Waals surface area contributed by atoms with Gasteiger partial charge in [-0.1, -0.05) is 0 Å². The monoisotopic (exact) mass is 316 g/mol. The van der Waals surface area contributed by atoms with Crippen LogP contribution in [0, 0.1) is 0 Å². The van der Waals surface area contributed by atoms with Crippen molar-refractivity contribution in [3.8, 4) is 0 Å². The van der Waals surface area contributed by atoms with E-state index in [1.54, 1.807) is 7.11 Å². The molecule has 1 aliphatic heterocycles. The van der Waals surface area contributed by atoms with E-state index in [2.05, 4.69) is 32.2 Å². The fourth-order valence-electron chi connectivity index (χ4n) is 2.80. The van der Waals surface area contributed by atoms with Gasteiger partial charge in [0.2, 0.25) is 5.95 Å². The topological polar surface area (TPSA) is 89.2 Å². The molecule has 23 heavy (non-hydrogen) atoms. The predicted molar refractivity (Wildman–Crippen MR) is 91.3 cm³/mol. The van der Waals surface area contributed by atoms with Crippen LogP contribution in [-0.4, -0.2) is 53.1 Å². The van der Waals surface area contributed by atoms with E-state index in [1.165, 1.54) is 0 Å². The fraction of sp³-hybridized carbons (Fsp3) is 0.562. The average molecular weight is 316 g/mol. The van der Waals surface area contributed by atoms with Crippen molar-refractivity contribution in [1.82, 2.24) is 19.9 Å². The number of hydrogen-bond acceptors (Lipinski definition) is 7. The van der Waals surface area contributed by atoms with Crippen molar-refractivity contribution in [2.75, 3.05) is 38.3 Å². The summed E-state index contributed by atoms with van der Waals surface area (Å²) in [6.07, 6.45) is 2.07. The number of nitrogen functional groups attached to an aromatic ring is 1. The second-order valence-corrected chi connectivity index (χ2v) is 6.14. The molecule has 2 aromatic heterocycles. The standard InChI is InChI=1S/C16H24N6O/c1-10(23-3)13-5-4-12-14(17)20-16(21-15(12)19-13)18-11-6-8-22(2)9-7-11/h4-5,10-11H,6-9H2,1-3H3,(H3,17,18,19,20,21). The van der Waals surface area contributed by atoms with Crippen LogP contribution in [-0.2, 0) is 4.74 Å². The van der Waals surface area contributed by atoms with Gasteiger partial charge in [-0.2, -0.15) is 9.97 Å². The van der Waals surface area contributed by atoms with Crippen molar-refractivity contribution in [3.05, 3.63) is 17.8 Å². The van der Waals surface area contributed by atoms with Gasteiger partial charge < -0.3 is 20.7 Å². The van der Waals surface area contributed by atoms with Gasteiger partial charge in [0, 0.05) is 13.2 Å². The number of ether oxygens (including phenoxy) is 1. The van der Waals surface area contributed by atoms with E-state index in [9.17, 15) is 0 Å². The molecule has 0 aromatic carbocycles. The third-order valence-electron chi connectivity index (χ3n) is 4.43. The van der Waals surface area contributed by atoms with Crippen molar-refractivity contribution in [1.29, 1.82) is 0 Å². The summed E-state index contributed by atoms with van der Waals surface area (Å²) < 4.78 is 5.32. The molecule has 7 nitrogen and oxygen atoms in total. The molecule has 1 aliphatic rings. The minimum Gasteiger partial charge on any atom is -0.383 e. The maximum absolute atomic E-state index is 6.07. The lowest BCUT2D eigenvalue weighted by Gasteiger charge is -2.29. The molecule has 0 amide bonds. The Kier molecular flexibility index (Phi) is 4.58. The van der Waals surface area contributed by atoms with E-state index in [4.69, 9.17) is 10.5 Å². The van der Waals surface area contributed by atoms with Gasteiger partial charge >= 0.3 is 0 Å². The highest BCUT2D eigenvalue weighted by atomic mass is 16.5. The smallest absolute Gasteiger partial charge is 0.226 e. The number of fused-ring (bicyclic) bond motifs is 1. The van der Waals surface area contributed by atoms with Crippen molar-refractivity contribution < 1.29 is 4.74 Å². The molecule has 0 aliphatic carbocycles. The number of nitrogens with one attached hydrogen (secondary N) is 1. The van der Waals surface area contributed by atoms with Crippen LogP contribution in [0.5, 0.6) is 0 Å². The van der Waals surface area contributed by atoms with Gasteiger partial charge in [-0.25, -0.2) is 4.98 Å². The first-order chi connectivity index (χ1) is 11.1. The molecule has 124 valence electrons. The van der Waals surface area contributed by atoms with E-state index < -0.39 is 0 Å². The first kappa shape index (κ1) is 15.9. The Morgan fingerprint density at radius 1 is 1.26 bits per heavy atom. The van der Waals surface area contributed by atoms with E-state index in [0.29, 0.717) is 23.5 Å². The molecular formula is C16H24N6O. The molecule has 3 rings (SSSR count). The summed E-state index contributed by atoms with van der Waals surface area (Å²) in [5, 5.41) is 4.17. The van der Waals surface area contributed by atoms with Crippen molar-refractivity contribution in [2.45, 2.75) is 31.9 Å². The lowest BCUT2D eigenvalue weighted by atomic mass is 10.1. The van der Waals surface area contributed by atoms with Crippen molar-refractivity contribution in [3.63, 3.8) is 0 Å². The molecule has 2 aromatic rings. The molecule has 0 bridgehead atoms. The minimum atomic E-state index is -0.0825. The van der Waals surface area contributed by atoms with Crippen LogP contribution in [0.25, 0.3) is 11.0 Å².